The van der Waals surface area contributed by atoms with Gasteiger partial charge in [-0.3, -0.25) is 9.59 Å². The van der Waals surface area contributed by atoms with Gasteiger partial charge in [0.05, 0.1) is 16.8 Å². The summed E-state index contributed by atoms with van der Waals surface area (Å²) in [6, 6.07) is 20.0. The van der Waals surface area contributed by atoms with E-state index in [0.29, 0.717) is 17.7 Å². The molecule has 3 aromatic rings. The molecule has 4 rings (SSSR count). The minimum absolute atomic E-state index is 0.154. The van der Waals surface area contributed by atoms with E-state index in [4.69, 9.17) is 0 Å². The first-order valence-corrected chi connectivity index (χ1v) is 11.8. The molecule has 0 aromatic heterocycles. The fourth-order valence-electron chi connectivity index (χ4n) is 3.81. The van der Waals surface area contributed by atoms with E-state index in [1.54, 1.807) is 12.1 Å². The van der Waals surface area contributed by atoms with Crippen molar-refractivity contribution in [2.45, 2.75) is 30.4 Å². The number of allylic oxidation sites excluding steroid dienone is 3. The van der Waals surface area contributed by atoms with Gasteiger partial charge in [-0.25, -0.2) is 0 Å². The van der Waals surface area contributed by atoms with Gasteiger partial charge in [0.25, 0.3) is 0 Å². The topological polar surface area (TPSA) is 86.6 Å². The van der Waals surface area contributed by atoms with Gasteiger partial charge >= 0.3 is 0 Å². The van der Waals surface area contributed by atoms with Gasteiger partial charge in [0, 0.05) is 27.5 Å². The number of aromatic hydroxyl groups is 2. The molecule has 3 N–H and O–H groups in total. The van der Waals surface area contributed by atoms with Crippen LogP contribution < -0.4 is 5.32 Å². The molecule has 0 saturated carbocycles. The van der Waals surface area contributed by atoms with Crippen LogP contribution in [0.5, 0.6) is 11.5 Å². The lowest BCUT2D eigenvalue weighted by atomic mass is 9.85. The van der Waals surface area contributed by atoms with Gasteiger partial charge in [-0.05, 0) is 50.6 Å². The van der Waals surface area contributed by atoms with Gasteiger partial charge in [-0.1, -0.05) is 48.0 Å². The smallest absolute Gasteiger partial charge is 0.194 e. The molecular weight excluding hydrogens is 446 g/mol. The van der Waals surface area contributed by atoms with E-state index in [-0.39, 0.29) is 33.6 Å². The Bertz CT molecular complexity index is 1290. The minimum Gasteiger partial charge on any atom is -0.507 e. The number of ketones is 2. The third-order valence-electron chi connectivity index (χ3n) is 5.46. The zero-order chi connectivity index (χ0) is 24.2. The van der Waals surface area contributed by atoms with Crippen LogP contribution >= 0.6 is 11.8 Å². The molecule has 0 heterocycles. The number of carbonyl (C=O) groups is 2. The van der Waals surface area contributed by atoms with Gasteiger partial charge < -0.3 is 15.5 Å². The Kier molecular flexibility index (Phi) is 6.89. The molecule has 0 amide bonds. The van der Waals surface area contributed by atoms with E-state index in [1.165, 1.54) is 23.9 Å². The third kappa shape index (κ3) is 4.92. The van der Waals surface area contributed by atoms with E-state index in [0.717, 1.165) is 10.5 Å². The van der Waals surface area contributed by atoms with Crippen molar-refractivity contribution >= 4 is 34.7 Å². The Labute approximate surface area is 202 Å². The third-order valence-corrected chi connectivity index (χ3v) is 6.74. The molecule has 3 aromatic carbocycles. The molecular formula is C28H25NO4S. The summed E-state index contributed by atoms with van der Waals surface area (Å²) in [5.41, 5.74) is 1.89. The Hall–Kier alpha value is -3.77. The maximum atomic E-state index is 13.7. The van der Waals surface area contributed by atoms with Gasteiger partial charge in [0.15, 0.2) is 17.3 Å². The van der Waals surface area contributed by atoms with Crippen LogP contribution in [0, 0.1) is 0 Å². The second-order valence-electron chi connectivity index (χ2n) is 8.26. The fourth-order valence-corrected chi connectivity index (χ4v) is 4.95. The van der Waals surface area contributed by atoms with Crippen molar-refractivity contribution in [2.24, 2.45) is 0 Å². The van der Waals surface area contributed by atoms with Crippen LogP contribution in [0.25, 0.3) is 0 Å². The lowest BCUT2D eigenvalue weighted by molar-refractivity contribution is 0.0977. The predicted octanol–water partition coefficient (Wildman–Crippen LogP) is 6.66. The van der Waals surface area contributed by atoms with Crippen LogP contribution in [0.4, 0.5) is 11.4 Å². The van der Waals surface area contributed by atoms with E-state index >= 15 is 0 Å². The average molecular weight is 472 g/mol. The predicted molar refractivity (Wildman–Crippen MR) is 136 cm³/mol. The van der Waals surface area contributed by atoms with Crippen LogP contribution in [0.1, 0.15) is 41.0 Å². The summed E-state index contributed by atoms with van der Waals surface area (Å²) >= 11 is 1.49. The molecule has 0 spiro atoms. The normalized spacial score (nSPS) is 13.6. The van der Waals surface area contributed by atoms with E-state index in [9.17, 15) is 19.8 Å². The number of hydrogen-bond acceptors (Lipinski definition) is 6. The highest BCUT2D eigenvalue weighted by molar-refractivity contribution is 8.00. The number of nitrogens with one attached hydrogen (secondary N) is 1. The minimum atomic E-state index is -0.500. The molecule has 0 fully saturated rings. The van der Waals surface area contributed by atoms with Gasteiger partial charge in [0.2, 0.25) is 0 Å². The number of anilines is 2. The number of thioether (sulfide) groups is 1. The van der Waals surface area contributed by atoms with Crippen molar-refractivity contribution < 1.29 is 19.8 Å². The number of hydrogen-bond donors (Lipinski definition) is 3. The Morgan fingerprint density at radius 2 is 1.62 bits per heavy atom. The Morgan fingerprint density at radius 1 is 0.971 bits per heavy atom. The first kappa shape index (κ1) is 23.4. The molecule has 0 bridgehead atoms. The fraction of sp³-hybridized carbons (Fsp3) is 0.143. The molecule has 0 radical (unpaired) electrons. The second-order valence-corrected chi connectivity index (χ2v) is 9.54. The van der Waals surface area contributed by atoms with Crippen LogP contribution in [-0.4, -0.2) is 27.0 Å². The number of para-hydroxylation sites is 1. The Balaban J connectivity index is 1.76. The quantitative estimate of drug-likeness (QED) is 0.155. The average Bonchev–Trinajstić information content (AvgIpc) is 2.82. The zero-order valence-electron chi connectivity index (χ0n) is 18.9. The van der Waals surface area contributed by atoms with Crippen molar-refractivity contribution in [3.8, 4) is 11.5 Å². The number of rotatable bonds is 7. The molecule has 1 aliphatic rings. The molecule has 6 heteroatoms. The van der Waals surface area contributed by atoms with Gasteiger partial charge in [0.1, 0.15) is 5.75 Å². The molecule has 1 atom stereocenters. The van der Waals surface area contributed by atoms with Crippen molar-refractivity contribution in [1.29, 1.82) is 0 Å². The second kappa shape index (κ2) is 10.0. The summed E-state index contributed by atoms with van der Waals surface area (Å²) in [5.74, 6) is -1.67. The van der Waals surface area contributed by atoms with Crippen LogP contribution in [0.2, 0.25) is 0 Å². The van der Waals surface area contributed by atoms with Gasteiger partial charge in [-0.2, -0.15) is 0 Å². The maximum Gasteiger partial charge on any atom is 0.194 e. The lowest BCUT2D eigenvalue weighted by Gasteiger charge is -2.24. The highest BCUT2D eigenvalue weighted by atomic mass is 32.2. The first-order chi connectivity index (χ1) is 16.3. The number of phenolic OH excluding ortho intramolecular Hbond substituents is 2. The van der Waals surface area contributed by atoms with E-state index in [2.05, 4.69) is 5.32 Å². The number of fused-ring (bicyclic) bond motifs is 1. The van der Waals surface area contributed by atoms with Crippen LogP contribution in [-0.2, 0) is 0 Å². The number of phenols is 2. The Morgan fingerprint density at radius 3 is 2.26 bits per heavy atom. The number of Topliss-reactive ketones (excluding diaryl/α,β-unsaturated/α-hetero) is 1. The maximum absolute atomic E-state index is 13.7. The van der Waals surface area contributed by atoms with Gasteiger partial charge in [-0.15, -0.1) is 11.8 Å². The number of carbonyl (C=O) groups excluding carboxylic acids is 2. The van der Waals surface area contributed by atoms with Crippen molar-refractivity contribution in [3.05, 3.63) is 101 Å². The summed E-state index contributed by atoms with van der Waals surface area (Å²) in [5, 5.41) is 24.3. The first-order valence-electron chi connectivity index (χ1n) is 10.9. The van der Waals surface area contributed by atoms with E-state index < -0.39 is 11.6 Å². The lowest BCUT2D eigenvalue weighted by Crippen LogP contribution is -2.24. The summed E-state index contributed by atoms with van der Waals surface area (Å²) in [4.78, 5) is 27.7. The summed E-state index contributed by atoms with van der Waals surface area (Å²) in [6.07, 6.45) is 3.86. The molecule has 0 aliphatic heterocycles. The largest absolute Gasteiger partial charge is 0.507 e. The van der Waals surface area contributed by atoms with Crippen molar-refractivity contribution in [1.82, 2.24) is 0 Å². The monoisotopic (exact) mass is 471 g/mol. The zero-order valence-corrected chi connectivity index (χ0v) is 19.7. The molecule has 172 valence electrons. The summed E-state index contributed by atoms with van der Waals surface area (Å²) < 4.78 is 0. The van der Waals surface area contributed by atoms with E-state index in [1.807, 2.05) is 68.5 Å². The standard InChI is InChI=1S/C28H25NO4S/c1-17(2)13-14-24(34-19-11-7-4-8-12-19)20-15-22(30)25-23(31)16-21(28(33)26(25)27(20)32)29-18-9-5-3-6-10-18/h3-13,15-16,24,29,31,33H,14H2,1-2H3. The summed E-state index contributed by atoms with van der Waals surface area (Å²) in [6.45, 7) is 3.96. The molecule has 5 nitrogen and oxygen atoms in total. The molecule has 1 unspecified atom stereocenters. The molecule has 1 aliphatic carbocycles. The SMILES string of the molecule is CC(C)=CCC(Sc1ccccc1)C1=CC(=O)c2c(O)cc(Nc3ccccc3)c(O)c2C1=O. The highest BCUT2D eigenvalue weighted by Crippen LogP contribution is 2.44. The van der Waals surface area contributed by atoms with Crippen LogP contribution in [0.3, 0.4) is 0 Å². The highest BCUT2D eigenvalue weighted by Gasteiger charge is 2.36. The van der Waals surface area contributed by atoms with Crippen molar-refractivity contribution in [3.63, 3.8) is 0 Å². The van der Waals surface area contributed by atoms with Crippen molar-refractivity contribution in [2.75, 3.05) is 5.32 Å². The number of benzene rings is 3. The summed E-state index contributed by atoms with van der Waals surface area (Å²) in [7, 11) is 0. The molecule has 34 heavy (non-hydrogen) atoms. The van der Waals surface area contributed by atoms with Crippen LogP contribution in [0.15, 0.2) is 94.9 Å². The molecule has 0 saturated heterocycles.